The molecule has 6 aromatic heterocycles. The van der Waals surface area contributed by atoms with Crippen LogP contribution in [0.4, 0.5) is 0 Å². The second-order valence-corrected chi connectivity index (χ2v) is 26.1. The van der Waals surface area contributed by atoms with Gasteiger partial charge in [-0.1, -0.05) is 215 Å². The number of thiophene rings is 2. The molecule has 0 N–H and O–H groups in total. The molecule has 12 aromatic carbocycles. The Hall–Kier alpha value is -10.2. The fourth-order valence-corrected chi connectivity index (χ4v) is 17.1. The third-order valence-corrected chi connectivity index (χ3v) is 20.3. The predicted molar refractivity (Wildman–Crippen MR) is 363 cm³/mol. The van der Waals surface area contributed by atoms with Crippen LogP contribution < -0.4 is 0 Å². The van der Waals surface area contributed by atoms with Crippen LogP contribution in [0.3, 0.4) is 0 Å². The van der Waals surface area contributed by atoms with E-state index >= 15 is 0 Å². The largest absolute Gasteiger partial charge is 0.306 e. The molecule has 85 heavy (non-hydrogen) atoms. The topological polar surface area (TPSA) is 43.5 Å². The number of para-hydroxylation sites is 6. The van der Waals surface area contributed by atoms with Crippen LogP contribution in [0.5, 0.6) is 0 Å². The molecule has 0 atom stereocenters. The number of hydrogen-bond acceptors (Lipinski definition) is 3. The van der Waals surface area contributed by atoms with E-state index in [0.29, 0.717) is 5.56 Å². The van der Waals surface area contributed by atoms with Gasteiger partial charge in [-0.05, 0) is 71.5 Å². The van der Waals surface area contributed by atoms with Gasteiger partial charge >= 0.3 is 0 Å². The second-order valence-electron chi connectivity index (χ2n) is 24.0. The predicted octanol–water partition coefficient (Wildman–Crippen LogP) is 21.9. The molecule has 0 aliphatic rings. The summed E-state index contributed by atoms with van der Waals surface area (Å²) in [5.74, 6) is 0. The summed E-state index contributed by atoms with van der Waals surface area (Å²) in [7, 11) is 0. The summed E-state index contributed by atoms with van der Waals surface area (Å²) < 4.78 is 15.0. The molecule has 0 aliphatic carbocycles. The number of benzene rings is 12. The first-order valence-corrected chi connectivity index (χ1v) is 30.8. The van der Waals surface area contributed by atoms with Crippen LogP contribution in [-0.4, -0.2) is 18.3 Å². The number of aromatic nitrogens is 4. The maximum absolute atomic E-state index is 13.3. The molecular formula is C78H51N5S2. The van der Waals surface area contributed by atoms with Crippen molar-refractivity contribution < 1.29 is 0 Å². The van der Waals surface area contributed by atoms with Crippen molar-refractivity contribution in [2.24, 2.45) is 5.41 Å². The molecule has 18 aromatic rings. The minimum absolute atomic E-state index is 0.0174. The summed E-state index contributed by atoms with van der Waals surface area (Å²) >= 11 is 3.71. The number of fused-ring (bicyclic) bond motifs is 20. The maximum Gasteiger partial charge on any atom is 0.104 e. The molecule has 0 fully saturated rings. The quantitative estimate of drug-likeness (QED) is 0.164. The van der Waals surface area contributed by atoms with Gasteiger partial charge in [-0.25, -0.2) is 0 Å². The molecule has 18 rings (SSSR count). The van der Waals surface area contributed by atoms with Crippen molar-refractivity contribution in [1.29, 1.82) is 5.26 Å². The summed E-state index contributed by atoms with van der Waals surface area (Å²) in [5.41, 5.74) is 15.8. The Bertz CT molecular complexity index is 5520. The zero-order valence-electron chi connectivity index (χ0n) is 46.9. The highest BCUT2D eigenvalue weighted by atomic mass is 32.1. The van der Waals surface area contributed by atoms with Gasteiger partial charge in [0, 0.05) is 79.6 Å². The molecule has 0 radical (unpaired) electrons. The molecule has 0 saturated carbocycles. The van der Waals surface area contributed by atoms with Gasteiger partial charge in [0.05, 0.1) is 76.3 Å². The highest BCUT2D eigenvalue weighted by molar-refractivity contribution is 7.27. The van der Waals surface area contributed by atoms with Crippen LogP contribution >= 0.6 is 22.7 Å². The van der Waals surface area contributed by atoms with Gasteiger partial charge in [-0.3, -0.25) is 0 Å². The lowest BCUT2D eigenvalue weighted by Crippen LogP contribution is -2.16. The Balaban J connectivity index is 1.21. The average molecular weight is 1120 g/mol. The smallest absolute Gasteiger partial charge is 0.104 e. The Kier molecular flexibility index (Phi) is 10.2. The molecule has 0 saturated heterocycles. The summed E-state index contributed by atoms with van der Waals surface area (Å²) in [4.78, 5) is 0. The molecule has 0 spiro atoms. The first-order chi connectivity index (χ1) is 41.8. The minimum atomic E-state index is -0.0174. The minimum Gasteiger partial charge on any atom is -0.306 e. The number of nitrogens with zero attached hydrogens (tertiary/aromatic N) is 5. The first-order valence-electron chi connectivity index (χ1n) is 29.2. The van der Waals surface area contributed by atoms with E-state index < -0.39 is 0 Å². The van der Waals surface area contributed by atoms with Crippen LogP contribution in [0.2, 0.25) is 0 Å². The Labute approximate surface area is 496 Å². The van der Waals surface area contributed by atoms with E-state index in [0.717, 1.165) is 128 Å². The van der Waals surface area contributed by atoms with E-state index in [1.54, 1.807) is 0 Å². The van der Waals surface area contributed by atoms with Crippen molar-refractivity contribution in [1.82, 2.24) is 18.3 Å². The van der Waals surface area contributed by atoms with Crippen molar-refractivity contribution in [3.63, 3.8) is 0 Å². The normalized spacial score (nSPS) is 12.4. The second kappa shape index (κ2) is 17.9. The SMILES string of the molecule is CC(C)(C)Cc1cccc(-c2c(-n3c4ccccc4c4ccc5c6ccccc6sc5c43)c(-n3c4ccccc4c4ccccc43)c(C#N)c(-n3c4ccccc4c4ccccc43)c2-n2c3ccccc3c3ccc4c5ccccc5sc4c32)c1. The Morgan fingerprint density at radius 1 is 0.341 bits per heavy atom. The summed E-state index contributed by atoms with van der Waals surface area (Å²) in [6.45, 7) is 7.00. The van der Waals surface area contributed by atoms with Crippen LogP contribution in [-0.2, 0) is 6.42 Å². The Morgan fingerprint density at radius 3 is 1.07 bits per heavy atom. The first kappa shape index (κ1) is 48.3. The number of hydrogen-bond donors (Lipinski definition) is 0. The molecule has 7 heteroatoms. The lowest BCUT2D eigenvalue weighted by molar-refractivity contribution is 0.411. The lowest BCUT2D eigenvalue weighted by atomic mass is 9.86. The van der Waals surface area contributed by atoms with E-state index in [1.807, 2.05) is 22.7 Å². The van der Waals surface area contributed by atoms with Gasteiger partial charge < -0.3 is 18.3 Å². The Morgan fingerprint density at radius 2 is 0.682 bits per heavy atom. The van der Waals surface area contributed by atoms with E-state index in [2.05, 4.69) is 288 Å². The van der Waals surface area contributed by atoms with Gasteiger partial charge in [0.25, 0.3) is 0 Å². The highest BCUT2D eigenvalue weighted by Gasteiger charge is 2.36. The van der Waals surface area contributed by atoms with Crippen molar-refractivity contribution in [2.75, 3.05) is 0 Å². The fourth-order valence-electron chi connectivity index (χ4n) is 14.7. The van der Waals surface area contributed by atoms with Gasteiger partial charge in [-0.15, -0.1) is 22.7 Å². The van der Waals surface area contributed by atoms with Gasteiger partial charge in [0.1, 0.15) is 11.6 Å². The summed E-state index contributed by atoms with van der Waals surface area (Å²) in [6, 6.07) is 92.7. The molecule has 400 valence electrons. The third-order valence-electron chi connectivity index (χ3n) is 17.9. The molecule has 6 heterocycles. The van der Waals surface area contributed by atoms with E-state index in [1.165, 1.54) is 45.9 Å². The summed E-state index contributed by atoms with van der Waals surface area (Å²) in [6.07, 6.45) is 0.858. The van der Waals surface area contributed by atoms with Gasteiger partial charge in [0.2, 0.25) is 0 Å². The molecular weight excluding hydrogens is 1070 g/mol. The highest BCUT2D eigenvalue weighted by Crippen LogP contribution is 2.54. The summed E-state index contributed by atoms with van der Waals surface area (Å²) in [5, 5.41) is 27.2. The standard InChI is InChI=1S/C78H51N5S2/c1-78(2,3)44-46-21-20-22-47(43-46)69-74(82-65-35-16-8-27-52(65)56-39-41-58-54-29-10-18-37-67(54)84-76(58)72(56)82)70(80-61-31-12-4-23-48(61)49-24-5-13-32-62(49)80)60(45-79)71(81-63-33-14-6-25-50(63)51-26-7-15-34-64(51)81)75(69)83-66-36-17-9-28-53(66)57-40-42-59-55-30-11-19-38-68(55)85-77(59)73(57)83/h4-43H,44H2,1-3H3. The molecule has 0 amide bonds. The third kappa shape index (κ3) is 6.78. The zero-order chi connectivity index (χ0) is 56.4. The number of rotatable bonds is 6. The zero-order valence-corrected chi connectivity index (χ0v) is 48.5. The monoisotopic (exact) mass is 1120 g/mol. The molecule has 0 unspecified atom stereocenters. The fraction of sp³-hybridized carbons (Fsp3) is 0.0641. The van der Waals surface area contributed by atoms with Crippen molar-refractivity contribution in [3.8, 4) is 39.9 Å². The van der Waals surface area contributed by atoms with Gasteiger partial charge in [0.15, 0.2) is 0 Å². The van der Waals surface area contributed by atoms with Gasteiger partial charge in [-0.2, -0.15) is 5.26 Å². The van der Waals surface area contributed by atoms with Crippen LogP contribution in [0.15, 0.2) is 243 Å². The average Bonchev–Trinajstić information content (AvgIpc) is 1.65. The molecule has 0 bridgehead atoms. The lowest BCUT2D eigenvalue weighted by Gasteiger charge is -2.29. The maximum atomic E-state index is 13.3. The van der Waals surface area contributed by atoms with Crippen molar-refractivity contribution in [3.05, 3.63) is 254 Å². The van der Waals surface area contributed by atoms with Crippen molar-refractivity contribution >= 4 is 150 Å². The number of nitriles is 1. The van der Waals surface area contributed by atoms with E-state index in [9.17, 15) is 5.26 Å². The van der Waals surface area contributed by atoms with Crippen LogP contribution in [0.1, 0.15) is 31.9 Å². The van der Waals surface area contributed by atoms with Crippen molar-refractivity contribution in [2.45, 2.75) is 27.2 Å². The molecule has 5 nitrogen and oxygen atoms in total. The van der Waals surface area contributed by atoms with E-state index in [-0.39, 0.29) is 5.41 Å². The van der Waals surface area contributed by atoms with Crippen LogP contribution in [0.25, 0.3) is 161 Å². The van der Waals surface area contributed by atoms with Crippen LogP contribution in [0, 0.1) is 16.7 Å². The molecule has 0 aliphatic heterocycles. The van der Waals surface area contributed by atoms with E-state index in [4.69, 9.17) is 0 Å².